The standard InChI is InChI=1S/C21H22F3N5O2/c1-27-19(30)14-8-11-29(17(25)12-14)18(26)20(31)28-9-6-13(7-10-28)15-4-2-3-5-16(15)21(22,23)24/h2-5,8,11-13,25-26H,6-7,9-10H2,1H3,(H,27,30). The van der Waals surface area contributed by atoms with E-state index in [4.69, 9.17) is 10.8 Å². The minimum Gasteiger partial charge on any atom is -0.355 e. The molecular formula is C21H22F3N5O2. The Labute approximate surface area is 176 Å². The van der Waals surface area contributed by atoms with Gasteiger partial charge in [-0.3, -0.25) is 25.0 Å². The van der Waals surface area contributed by atoms with Crippen LogP contribution in [0.4, 0.5) is 13.2 Å². The van der Waals surface area contributed by atoms with Gasteiger partial charge in [0.2, 0.25) is 0 Å². The SMILES string of the molecule is CNC(=O)c1ccn(C(=N)C(=O)N2CCC(c3ccccc3C(F)(F)F)CC2)c(=N)c1. The van der Waals surface area contributed by atoms with Crippen LogP contribution in [0.15, 0.2) is 42.6 Å². The van der Waals surface area contributed by atoms with E-state index in [0.29, 0.717) is 12.8 Å². The van der Waals surface area contributed by atoms with E-state index >= 15 is 0 Å². The molecular weight excluding hydrogens is 411 g/mol. The van der Waals surface area contributed by atoms with Crippen LogP contribution in [-0.2, 0) is 11.0 Å². The highest BCUT2D eigenvalue weighted by atomic mass is 19.4. The van der Waals surface area contributed by atoms with Crippen molar-refractivity contribution in [2.75, 3.05) is 20.1 Å². The Kier molecular flexibility index (Phi) is 6.28. The van der Waals surface area contributed by atoms with Gasteiger partial charge in [-0.15, -0.1) is 0 Å². The lowest BCUT2D eigenvalue weighted by molar-refractivity contribution is -0.138. The molecule has 2 aromatic rings. The maximum atomic E-state index is 13.3. The molecule has 1 aliphatic rings. The van der Waals surface area contributed by atoms with Crippen LogP contribution in [0.2, 0.25) is 0 Å². The monoisotopic (exact) mass is 433 g/mol. The van der Waals surface area contributed by atoms with Crippen LogP contribution in [0.25, 0.3) is 0 Å². The van der Waals surface area contributed by atoms with Crippen LogP contribution < -0.4 is 10.8 Å². The van der Waals surface area contributed by atoms with Gasteiger partial charge >= 0.3 is 6.18 Å². The van der Waals surface area contributed by atoms with Crippen LogP contribution in [0.3, 0.4) is 0 Å². The van der Waals surface area contributed by atoms with Crippen molar-refractivity contribution >= 4 is 17.6 Å². The van der Waals surface area contributed by atoms with Gasteiger partial charge in [0.25, 0.3) is 11.8 Å². The van der Waals surface area contributed by atoms with E-state index in [1.54, 1.807) is 6.07 Å². The second-order valence-electron chi connectivity index (χ2n) is 7.25. The number of alkyl halides is 3. The molecule has 0 radical (unpaired) electrons. The third kappa shape index (κ3) is 4.68. The maximum absolute atomic E-state index is 13.3. The molecule has 7 nitrogen and oxygen atoms in total. The number of nitrogens with zero attached hydrogens (tertiary/aromatic N) is 2. The first-order valence-corrected chi connectivity index (χ1v) is 9.67. The summed E-state index contributed by atoms with van der Waals surface area (Å²) in [5.74, 6) is -1.79. The zero-order valence-corrected chi connectivity index (χ0v) is 16.8. The molecule has 164 valence electrons. The highest BCUT2D eigenvalue weighted by molar-refractivity contribution is 6.37. The van der Waals surface area contributed by atoms with E-state index in [9.17, 15) is 22.8 Å². The molecule has 3 rings (SSSR count). The molecule has 0 aliphatic carbocycles. The molecule has 2 heterocycles. The number of hydrogen-bond donors (Lipinski definition) is 3. The number of likely N-dealkylation sites (tertiary alicyclic amines) is 1. The first kappa shape index (κ1) is 22.3. The van der Waals surface area contributed by atoms with Crippen LogP contribution in [0, 0.1) is 10.8 Å². The number of nitrogens with one attached hydrogen (secondary N) is 3. The number of rotatable bonds is 2. The first-order chi connectivity index (χ1) is 14.6. The highest BCUT2D eigenvalue weighted by Gasteiger charge is 2.36. The fourth-order valence-electron chi connectivity index (χ4n) is 3.74. The van der Waals surface area contributed by atoms with Gasteiger partial charge in [0.15, 0.2) is 5.84 Å². The molecule has 3 N–H and O–H groups in total. The van der Waals surface area contributed by atoms with Gasteiger partial charge in [-0.25, -0.2) is 0 Å². The molecule has 0 bridgehead atoms. The summed E-state index contributed by atoms with van der Waals surface area (Å²) < 4.78 is 41.0. The lowest BCUT2D eigenvalue weighted by Crippen LogP contribution is -2.45. The molecule has 2 amide bonds. The Balaban J connectivity index is 1.71. The molecule has 0 atom stereocenters. The Morgan fingerprint density at radius 1 is 1.13 bits per heavy atom. The third-order valence-electron chi connectivity index (χ3n) is 5.38. The predicted molar refractivity (Wildman–Crippen MR) is 107 cm³/mol. The van der Waals surface area contributed by atoms with Crippen molar-refractivity contribution in [2.24, 2.45) is 0 Å². The summed E-state index contributed by atoms with van der Waals surface area (Å²) in [5.41, 5.74) is -0.399. The average molecular weight is 433 g/mol. The minimum absolute atomic E-state index is 0.201. The zero-order chi connectivity index (χ0) is 22.8. The van der Waals surface area contributed by atoms with Crippen molar-refractivity contribution in [3.63, 3.8) is 0 Å². The second-order valence-corrected chi connectivity index (χ2v) is 7.25. The quantitative estimate of drug-likeness (QED) is 0.501. The molecule has 1 aromatic carbocycles. The molecule has 10 heteroatoms. The molecule has 0 spiro atoms. The Morgan fingerprint density at radius 2 is 1.77 bits per heavy atom. The summed E-state index contributed by atoms with van der Waals surface area (Å²) in [4.78, 5) is 25.8. The van der Waals surface area contributed by atoms with E-state index < -0.39 is 23.5 Å². The molecule has 1 fully saturated rings. The summed E-state index contributed by atoms with van der Waals surface area (Å²) in [6, 6.07) is 8.13. The van der Waals surface area contributed by atoms with Crippen molar-refractivity contribution in [2.45, 2.75) is 24.9 Å². The fraction of sp³-hybridized carbons (Fsp3) is 0.333. The number of pyridine rings is 1. The van der Waals surface area contributed by atoms with Crippen molar-refractivity contribution in [1.82, 2.24) is 14.8 Å². The lowest BCUT2D eigenvalue weighted by atomic mass is 9.86. The molecule has 31 heavy (non-hydrogen) atoms. The normalized spacial score (nSPS) is 14.9. The summed E-state index contributed by atoms with van der Waals surface area (Å²) in [6.45, 7) is 0.421. The van der Waals surface area contributed by atoms with Crippen LogP contribution in [0.5, 0.6) is 0 Å². The summed E-state index contributed by atoms with van der Waals surface area (Å²) in [6.07, 6.45) is -2.44. The predicted octanol–water partition coefficient (Wildman–Crippen LogP) is 2.58. The van der Waals surface area contributed by atoms with Gasteiger partial charge in [0, 0.05) is 31.9 Å². The number of amides is 2. The molecule has 0 saturated carbocycles. The first-order valence-electron chi connectivity index (χ1n) is 9.67. The number of carbonyl (C=O) groups is 2. The molecule has 0 unspecified atom stereocenters. The second kappa shape index (κ2) is 8.75. The number of halogens is 3. The van der Waals surface area contributed by atoms with E-state index in [2.05, 4.69) is 5.32 Å². The number of hydrogen-bond acceptors (Lipinski definition) is 4. The van der Waals surface area contributed by atoms with E-state index in [-0.39, 0.29) is 41.5 Å². The van der Waals surface area contributed by atoms with Gasteiger partial charge in [0.1, 0.15) is 5.49 Å². The minimum atomic E-state index is -4.44. The maximum Gasteiger partial charge on any atom is 0.416 e. The fourth-order valence-corrected chi connectivity index (χ4v) is 3.74. The third-order valence-corrected chi connectivity index (χ3v) is 5.38. The highest BCUT2D eigenvalue weighted by Crippen LogP contribution is 2.38. The lowest BCUT2D eigenvalue weighted by Gasteiger charge is -2.33. The Bertz CT molecular complexity index is 1070. The van der Waals surface area contributed by atoms with Crippen molar-refractivity contribution in [1.29, 1.82) is 10.8 Å². The van der Waals surface area contributed by atoms with E-state index in [1.165, 1.54) is 42.4 Å². The summed E-state index contributed by atoms with van der Waals surface area (Å²) >= 11 is 0. The number of piperidine rings is 1. The van der Waals surface area contributed by atoms with Crippen LogP contribution in [-0.4, -0.2) is 47.3 Å². The zero-order valence-electron chi connectivity index (χ0n) is 16.8. The number of benzene rings is 1. The number of carbonyl (C=O) groups excluding carboxylic acids is 2. The van der Waals surface area contributed by atoms with Crippen molar-refractivity contribution in [3.8, 4) is 0 Å². The Morgan fingerprint density at radius 3 is 2.35 bits per heavy atom. The topological polar surface area (TPSA) is 102 Å². The summed E-state index contributed by atoms with van der Waals surface area (Å²) in [7, 11) is 1.45. The van der Waals surface area contributed by atoms with Crippen molar-refractivity contribution < 1.29 is 22.8 Å². The van der Waals surface area contributed by atoms with E-state index in [0.717, 1.165) is 10.6 Å². The van der Waals surface area contributed by atoms with Crippen LogP contribution in [0.1, 0.15) is 40.2 Å². The van der Waals surface area contributed by atoms with Gasteiger partial charge in [-0.2, -0.15) is 13.2 Å². The van der Waals surface area contributed by atoms with Gasteiger partial charge in [-0.05, 0) is 42.5 Å². The van der Waals surface area contributed by atoms with Gasteiger partial charge in [0.05, 0.1) is 5.56 Å². The Hall–Kier alpha value is -3.43. The van der Waals surface area contributed by atoms with Crippen molar-refractivity contribution in [3.05, 3.63) is 64.8 Å². The summed E-state index contributed by atoms with van der Waals surface area (Å²) in [5, 5.41) is 18.6. The molecule has 1 aromatic heterocycles. The van der Waals surface area contributed by atoms with E-state index in [1.807, 2.05) is 0 Å². The molecule has 1 aliphatic heterocycles. The smallest absolute Gasteiger partial charge is 0.355 e. The molecule has 1 saturated heterocycles. The largest absolute Gasteiger partial charge is 0.416 e. The van der Waals surface area contributed by atoms with Gasteiger partial charge < -0.3 is 10.2 Å². The van der Waals surface area contributed by atoms with Gasteiger partial charge in [-0.1, -0.05) is 18.2 Å². The average Bonchev–Trinajstić information content (AvgIpc) is 2.77. The number of aromatic nitrogens is 1. The van der Waals surface area contributed by atoms with Crippen LogP contribution >= 0.6 is 0 Å².